The van der Waals surface area contributed by atoms with Crippen LogP contribution in [0, 0.1) is 6.92 Å². The molecule has 126 valence electrons. The standard InChI is InChI=1S/C16H23N3O4/c1-3-22-12-4-8-19(9-5-12)13-10-14(18-11(2)17-13)23-16(6-7-16)15(20)21/h10,12H,3-9H2,1-2H3,(H,20,21). The van der Waals surface area contributed by atoms with Gasteiger partial charge in [0.05, 0.1) is 6.10 Å². The van der Waals surface area contributed by atoms with Gasteiger partial charge in [0.2, 0.25) is 11.5 Å². The van der Waals surface area contributed by atoms with Crippen LogP contribution in [0.4, 0.5) is 5.82 Å². The van der Waals surface area contributed by atoms with E-state index in [1.54, 1.807) is 13.0 Å². The lowest BCUT2D eigenvalue weighted by Crippen LogP contribution is -2.37. The molecule has 7 nitrogen and oxygen atoms in total. The molecule has 0 unspecified atom stereocenters. The summed E-state index contributed by atoms with van der Waals surface area (Å²) in [6.07, 6.45) is 3.30. The van der Waals surface area contributed by atoms with E-state index < -0.39 is 11.6 Å². The Hall–Kier alpha value is -1.89. The van der Waals surface area contributed by atoms with E-state index in [-0.39, 0.29) is 0 Å². The second-order valence-electron chi connectivity index (χ2n) is 6.15. The highest BCUT2D eigenvalue weighted by molar-refractivity contribution is 5.81. The molecule has 0 amide bonds. The Morgan fingerprint density at radius 2 is 2.09 bits per heavy atom. The van der Waals surface area contributed by atoms with E-state index in [2.05, 4.69) is 14.9 Å². The number of piperidine rings is 1. The van der Waals surface area contributed by atoms with Gasteiger partial charge in [-0.1, -0.05) is 0 Å². The third kappa shape index (κ3) is 3.55. The van der Waals surface area contributed by atoms with Gasteiger partial charge in [0, 0.05) is 38.6 Å². The average molecular weight is 321 g/mol. The number of aliphatic carboxylic acids is 1. The van der Waals surface area contributed by atoms with Crippen LogP contribution < -0.4 is 9.64 Å². The number of hydrogen-bond acceptors (Lipinski definition) is 6. The van der Waals surface area contributed by atoms with E-state index in [9.17, 15) is 9.90 Å². The molecule has 1 aliphatic carbocycles. The topological polar surface area (TPSA) is 84.8 Å². The summed E-state index contributed by atoms with van der Waals surface area (Å²) < 4.78 is 11.3. The largest absolute Gasteiger partial charge is 0.478 e. The molecular weight excluding hydrogens is 298 g/mol. The first-order valence-corrected chi connectivity index (χ1v) is 8.17. The van der Waals surface area contributed by atoms with E-state index in [4.69, 9.17) is 9.47 Å². The summed E-state index contributed by atoms with van der Waals surface area (Å²) in [6, 6.07) is 1.75. The number of carboxylic acids is 1. The second-order valence-corrected chi connectivity index (χ2v) is 6.15. The molecule has 1 N–H and O–H groups in total. The number of carboxylic acid groups (broad SMARTS) is 1. The molecule has 2 heterocycles. The van der Waals surface area contributed by atoms with E-state index in [0.717, 1.165) is 38.4 Å². The minimum Gasteiger partial charge on any atom is -0.478 e. The van der Waals surface area contributed by atoms with Crippen LogP contribution in [0.2, 0.25) is 0 Å². The van der Waals surface area contributed by atoms with Crippen molar-refractivity contribution in [3.63, 3.8) is 0 Å². The van der Waals surface area contributed by atoms with Crippen molar-refractivity contribution in [1.29, 1.82) is 0 Å². The highest BCUT2D eigenvalue weighted by Crippen LogP contribution is 2.40. The molecule has 0 bridgehead atoms. The normalized spacial score (nSPS) is 20.3. The van der Waals surface area contributed by atoms with Crippen molar-refractivity contribution in [3.8, 4) is 5.88 Å². The van der Waals surface area contributed by atoms with E-state index >= 15 is 0 Å². The van der Waals surface area contributed by atoms with Gasteiger partial charge in [-0.15, -0.1) is 0 Å². The first-order chi connectivity index (χ1) is 11.0. The van der Waals surface area contributed by atoms with Gasteiger partial charge in [-0.3, -0.25) is 0 Å². The lowest BCUT2D eigenvalue weighted by Gasteiger charge is -2.32. The minimum absolute atomic E-state index is 0.316. The average Bonchev–Trinajstić information content (AvgIpc) is 3.29. The fraction of sp³-hybridized carbons (Fsp3) is 0.688. The Morgan fingerprint density at radius 3 is 2.65 bits per heavy atom. The van der Waals surface area contributed by atoms with Gasteiger partial charge in [-0.2, -0.15) is 4.98 Å². The quantitative estimate of drug-likeness (QED) is 0.855. The molecule has 2 fully saturated rings. The number of aromatic nitrogens is 2. The Balaban J connectivity index is 1.70. The first kappa shape index (κ1) is 16.0. The summed E-state index contributed by atoms with van der Waals surface area (Å²) in [5, 5.41) is 9.24. The molecule has 2 aliphatic rings. The van der Waals surface area contributed by atoms with Crippen LogP contribution in [-0.2, 0) is 9.53 Å². The zero-order valence-electron chi connectivity index (χ0n) is 13.6. The van der Waals surface area contributed by atoms with Crippen molar-refractivity contribution in [2.24, 2.45) is 0 Å². The van der Waals surface area contributed by atoms with Gasteiger partial charge >= 0.3 is 5.97 Å². The third-order valence-corrected chi connectivity index (χ3v) is 4.36. The van der Waals surface area contributed by atoms with Crippen LogP contribution >= 0.6 is 0 Å². The molecule has 7 heteroatoms. The molecule has 1 aliphatic heterocycles. The maximum atomic E-state index is 11.3. The number of anilines is 1. The lowest BCUT2D eigenvalue weighted by atomic mass is 10.1. The number of nitrogens with zero attached hydrogens (tertiary/aromatic N) is 3. The Labute approximate surface area is 135 Å². The molecule has 0 atom stereocenters. The highest BCUT2D eigenvalue weighted by Gasteiger charge is 2.54. The summed E-state index contributed by atoms with van der Waals surface area (Å²) in [4.78, 5) is 22.1. The third-order valence-electron chi connectivity index (χ3n) is 4.36. The van der Waals surface area contributed by atoms with Crippen LogP contribution in [0.25, 0.3) is 0 Å². The highest BCUT2D eigenvalue weighted by atomic mass is 16.5. The van der Waals surface area contributed by atoms with Gasteiger partial charge in [-0.25, -0.2) is 9.78 Å². The summed E-state index contributed by atoms with van der Waals surface area (Å²) in [6.45, 7) is 6.28. The lowest BCUT2D eigenvalue weighted by molar-refractivity contribution is -0.147. The van der Waals surface area contributed by atoms with Gasteiger partial charge in [-0.05, 0) is 26.7 Å². The molecule has 0 aromatic carbocycles. The van der Waals surface area contributed by atoms with Crippen molar-refractivity contribution in [2.75, 3.05) is 24.6 Å². The smallest absolute Gasteiger partial charge is 0.348 e. The minimum atomic E-state index is -1.08. The van der Waals surface area contributed by atoms with Gasteiger partial charge in [0.25, 0.3) is 0 Å². The van der Waals surface area contributed by atoms with Gasteiger partial charge in [0.15, 0.2) is 0 Å². The molecule has 1 aromatic heterocycles. The second kappa shape index (κ2) is 6.31. The van der Waals surface area contributed by atoms with Crippen molar-refractivity contribution in [3.05, 3.63) is 11.9 Å². The van der Waals surface area contributed by atoms with Crippen molar-refractivity contribution >= 4 is 11.8 Å². The molecule has 0 radical (unpaired) electrons. The maximum absolute atomic E-state index is 11.3. The summed E-state index contributed by atoms with van der Waals surface area (Å²) in [7, 11) is 0. The van der Waals surface area contributed by atoms with Crippen LogP contribution in [-0.4, -0.2) is 52.4 Å². The molecular formula is C16H23N3O4. The Kier molecular flexibility index (Phi) is 4.39. The monoisotopic (exact) mass is 321 g/mol. The molecule has 1 aromatic rings. The predicted octanol–water partition coefficient (Wildman–Crippen LogP) is 1.79. The Bertz CT molecular complexity index is 581. The zero-order valence-corrected chi connectivity index (χ0v) is 13.6. The number of carbonyl (C=O) groups is 1. The van der Waals surface area contributed by atoms with Crippen molar-refractivity contribution in [2.45, 2.75) is 51.2 Å². The summed E-state index contributed by atoms with van der Waals surface area (Å²) in [5.41, 5.74) is -1.08. The van der Waals surface area contributed by atoms with E-state index in [1.807, 2.05) is 6.92 Å². The molecule has 0 spiro atoms. The van der Waals surface area contributed by atoms with E-state index in [0.29, 0.717) is 30.7 Å². The number of aryl methyl sites for hydroxylation is 1. The van der Waals surface area contributed by atoms with Gasteiger partial charge in [0.1, 0.15) is 11.6 Å². The number of ether oxygens (including phenoxy) is 2. The molecule has 23 heavy (non-hydrogen) atoms. The number of hydrogen-bond donors (Lipinski definition) is 1. The molecule has 1 saturated carbocycles. The summed E-state index contributed by atoms with van der Waals surface area (Å²) >= 11 is 0. The van der Waals surface area contributed by atoms with Crippen LogP contribution in [0.3, 0.4) is 0 Å². The molecule has 3 rings (SSSR count). The van der Waals surface area contributed by atoms with E-state index in [1.165, 1.54) is 0 Å². The fourth-order valence-corrected chi connectivity index (χ4v) is 2.90. The maximum Gasteiger partial charge on any atom is 0.348 e. The van der Waals surface area contributed by atoms with Crippen LogP contribution in [0.5, 0.6) is 5.88 Å². The number of rotatable bonds is 6. The van der Waals surface area contributed by atoms with Crippen molar-refractivity contribution < 1.29 is 19.4 Å². The Morgan fingerprint density at radius 1 is 1.39 bits per heavy atom. The predicted molar refractivity (Wildman–Crippen MR) is 83.9 cm³/mol. The van der Waals surface area contributed by atoms with Crippen LogP contribution in [0.15, 0.2) is 6.07 Å². The van der Waals surface area contributed by atoms with Crippen molar-refractivity contribution in [1.82, 2.24) is 9.97 Å². The zero-order chi connectivity index (χ0) is 16.4. The van der Waals surface area contributed by atoms with Gasteiger partial charge < -0.3 is 19.5 Å². The fourth-order valence-electron chi connectivity index (χ4n) is 2.90. The van der Waals surface area contributed by atoms with Crippen LogP contribution in [0.1, 0.15) is 38.4 Å². The first-order valence-electron chi connectivity index (χ1n) is 8.17. The SMILES string of the molecule is CCOC1CCN(c2cc(OC3(C(=O)O)CC3)nc(C)n2)CC1. The summed E-state index contributed by atoms with van der Waals surface area (Å²) in [5.74, 6) is 0.807. The molecule has 1 saturated heterocycles.